The first kappa shape index (κ1) is 27.4. The number of para-hydroxylation sites is 1. The summed E-state index contributed by atoms with van der Waals surface area (Å²) in [6.45, 7) is 3.24. The number of rotatable bonds is 10. The molecule has 1 fully saturated rings. The van der Waals surface area contributed by atoms with E-state index in [9.17, 15) is 4.79 Å². The van der Waals surface area contributed by atoms with E-state index in [1.54, 1.807) is 24.3 Å². The highest BCUT2D eigenvalue weighted by molar-refractivity contribution is 8.18. The lowest BCUT2D eigenvalue weighted by molar-refractivity contribution is -0.115. The van der Waals surface area contributed by atoms with Crippen molar-refractivity contribution in [2.75, 3.05) is 6.61 Å². The van der Waals surface area contributed by atoms with Crippen LogP contribution in [-0.2, 0) is 18.0 Å². The van der Waals surface area contributed by atoms with Crippen molar-refractivity contribution >= 4 is 46.2 Å². The van der Waals surface area contributed by atoms with E-state index in [0.29, 0.717) is 57.9 Å². The average Bonchev–Trinajstić information content (AvgIpc) is 3.32. The number of carbonyl (C=O) groups excluding carboxylic acids is 1. The summed E-state index contributed by atoms with van der Waals surface area (Å²) in [5, 5.41) is 3.95. The van der Waals surface area contributed by atoms with Gasteiger partial charge in [0.2, 0.25) is 0 Å². The molecule has 0 saturated carbocycles. The fourth-order valence-electron chi connectivity index (χ4n) is 3.91. The number of halogens is 1. The minimum absolute atomic E-state index is 0.208. The fraction of sp³-hybridized carbons (Fsp3) is 0.125. The second kappa shape index (κ2) is 13.2. The van der Waals surface area contributed by atoms with Crippen LogP contribution in [-0.4, -0.2) is 17.7 Å². The number of ether oxygens (including phenoxy) is 3. The van der Waals surface area contributed by atoms with Gasteiger partial charge in [-0.2, -0.15) is 0 Å². The van der Waals surface area contributed by atoms with Crippen LogP contribution >= 0.6 is 23.4 Å². The van der Waals surface area contributed by atoms with Gasteiger partial charge in [0.05, 0.1) is 17.2 Å². The molecule has 0 aliphatic carbocycles. The highest BCUT2D eigenvalue weighted by Crippen LogP contribution is 2.33. The van der Waals surface area contributed by atoms with Gasteiger partial charge in [-0.05, 0) is 78.4 Å². The summed E-state index contributed by atoms with van der Waals surface area (Å²) in [5.41, 5.74) is 3.52. The topological polar surface area (TPSA) is 69.2 Å². The van der Waals surface area contributed by atoms with E-state index < -0.39 is 0 Å². The minimum atomic E-state index is -0.208. The molecule has 0 bridgehead atoms. The Hall–Kier alpha value is -4.20. The smallest absolute Gasteiger partial charge is 0.264 e. The molecule has 1 N–H and O–H groups in total. The number of nitrogens with zero attached hydrogens (tertiary/aromatic N) is 1. The van der Waals surface area contributed by atoms with Gasteiger partial charge in [-0.25, -0.2) is 4.99 Å². The molecule has 202 valence electrons. The molecule has 5 rings (SSSR count). The molecule has 0 aromatic heterocycles. The number of hydrogen-bond acceptors (Lipinski definition) is 6. The molecule has 1 aliphatic heterocycles. The lowest BCUT2D eigenvalue weighted by atomic mass is 10.1. The highest BCUT2D eigenvalue weighted by Gasteiger charge is 2.24. The van der Waals surface area contributed by atoms with Gasteiger partial charge in [-0.3, -0.25) is 4.79 Å². The van der Waals surface area contributed by atoms with Crippen LogP contribution < -0.4 is 19.5 Å². The Morgan fingerprint density at radius 1 is 0.800 bits per heavy atom. The zero-order valence-corrected chi connectivity index (χ0v) is 23.4. The van der Waals surface area contributed by atoms with Crippen LogP contribution in [0.15, 0.2) is 107 Å². The molecule has 1 saturated heterocycles. The Kier molecular flexibility index (Phi) is 9.06. The summed E-state index contributed by atoms with van der Waals surface area (Å²) in [4.78, 5) is 17.7. The average molecular weight is 571 g/mol. The summed E-state index contributed by atoms with van der Waals surface area (Å²) in [5.74, 6) is 1.80. The van der Waals surface area contributed by atoms with Crippen LogP contribution in [0.1, 0.15) is 23.6 Å². The summed E-state index contributed by atoms with van der Waals surface area (Å²) in [7, 11) is 0. The Balaban J connectivity index is 1.27. The Morgan fingerprint density at radius 2 is 1.52 bits per heavy atom. The molecule has 1 heterocycles. The van der Waals surface area contributed by atoms with Crippen LogP contribution in [0.5, 0.6) is 17.2 Å². The SMILES string of the molecule is CCOc1cc(COc2ccccc2/C=C2/SC(=Nc3ccc(Cl)cc3)NC2=O)ccc1OCc1ccccc1. The zero-order chi connectivity index (χ0) is 27.7. The second-order valence-corrected chi connectivity index (χ2v) is 10.2. The minimum Gasteiger partial charge on any atom is -0.490 e. The van der Waals surface area contributed by atoms with Gasteiger partial charge in [0, 0.05) is 10.6 Å². The van der Waals surface area contributed by atoms with Crippen molar-refractivity contribution in [2.24, 2.45) is 4.99 Å². The van der Waals surface area contributed by atoms with Crippen molar-refractivity contribution in [1.29, 1.82) is 0 Å². The molecular weight excluding hydrogens is 544 g/mol. The highest BCUT2D eigenvalue weighted by atomic mass is 35.5. The Bertz CT molecular complexity index is 1540. The molecule has 1 aliphatic rings. The third-order valence-electron chi connectivity index (χ3n) is 5.85. The number of aliphatic imine (C=N–C) groups is 1. The molecule has 4 aromatic carbocycles. The van der Waals surface area contributed by atoms with Gasteiger partial charge in [-0.1, -0.05) is 66.2 Å². The molecule has 0 atom stereocenters. The number of hydrogen-bond donors (Lipinski definition) is 1. The Labute approximate surface area is 242 Å². The van der Waals surface area contributed by atoms with Crippen molar-refractivity contribution in [3.8, 4) is 17.2 Å². The van der Waals surface area contributed by atoms with Crippen molar-refractivity contribution in [3.05, 3.63) is 124 Å². The van der Waals surface area contributed by atoms with Gasteiger partial charge in [-0.15, -0.1) is 0 Å². The third kappa shape index (κ3) is 7.25. The molecule has 0 unspecified atom stereocenters. The molecule has 0 spiro atoms. The van der Waals surface area contributed by atoms with Crippen LogP contribution in [0.3, 0.4) is 0 Å². The van der Waals surface area contributed by atoms with Crippen molar-refractivity contribution in [2.45, 2.75) is 20.1 Å². The number of thioether (sulfide) groups is 1. The maximum absolute atomic E-state index is 12.6. The predicted octanol–water partition coefficient (Wildman–Crippen LogP) is 7.79. The van der Waals surface area contributed by atoms with E-state index in [2.05, 4.69) is 10.3 Å². The first-order valence-corrected chi connectivity index (χ1v) is 14.0. The summed E-state index contributed by atoms with van der Waals surface area (Å²) >= 11 is 7.23. The van der Waals surface area contributed by atoms with Crippen LogP contribution in [0.4, 0.5) is 5.69 Å². The third-order valence-corrected chi connectivity index (χ3v) is 7.02. The second-order valence-electron chi connectivity index (χ2n) is 8.77. The zero-order valence-electron chi connectivity index (χ0n) is 21.8. The Morgan fingerprint density at radius 3 is 2.33 bits per heavy atom. The normalized spacial score (nSPS) is 14.8. The van der Waals surface area contributed by atoms with E-state index in [-0.39, 0.29) is 5.91 Å². The predicted molar refractivity (Wildman–Crippen MR) is 161 cm³/mol. The first-order chi connectivity index (χ1) is 19.6. The van der Waals surface area contributed by atoms with Gasteiger partial charge in [0.25, 0.3) is 5.91 Å². The maximum atomic E-state index is 12.6. The number of benzene rings is 4. The lowest BCUT2D eigenvalue weighted by Crippen LogP contribution is -2.19. The maximum Gasteiger partial charge on any atom is 0.264 e. The monoisotopic (exact) mass is 570 g/mol. The van der Waals surface area contributed by atoms with E-state index >= 15 is 0 Å². The molecule has 1 amide bonds. The van der Waals surface area contributed by atoms with E-state index in [4.69, 9.17) is 25.8 Å². The molecule has 0 radical (unpaired) electrons. The molecule has 6 nitrogen and oxygen atoms in total. The van der Waals surface area contributed by atoms with Crippen molar-refractivity contribution in [1.82, 2.24) is 5.32 Å². The van der Waals surface area contributed by atoms with E-state index in [1.165, 1.54) is 11.8 Å². The number of nitrogens with one attached hydrogen (secondary N) is 1. The quantitative estimate of drug-likeness (QED) is 0.197. The number of amides is 1. The van der Waals surface area contributed by atoms with Crippen LogP contribution in [0.25, 0.3) is 6.08 Å². The van der Waals surface area contributed by atoms with Gasteiger partial charge in [0.15, 0.2) is 16.7 Å². The fourth-order valence-corrected chi connectivity index (χ4v) is 4.87. The standard InChI is InChI=1S/C32H27ClN2O4S/c1-2-37-29-18-23(12-17-28(29)39-20-22-8-4-3-5-9-22)21-38-27-11-7-6-10-24(27)19-30-31(36)35-32(40-30)34-26-15-13-25(33)14-16-26/h3-19H,2,20-21H2,1H3,(H,34,35,36)/b30-19+. The first-order valence-electron chi connectivity index (χ1n) is 12.8. The summed E-state index contributed by atoms with van der Waals surface area (Å²) < 4.78 is 18.0. The van der Waals surface area contributed by atoms with Gasteiger partial charge < -0.3 is 19.5 Å². The largest absolute Gasteiger partial charge is 0.490 e. The van der Waals surface area contributed by atoms with Gasteiger partial charge in [0.1, 0.15) is 19.0 Å². The molecular formula is C32H27ClN2O4S. The number of amidine groups is 1. The summed E-state index contributed by atoms with van der Waals surface area (Å²) in [6.07, 6.45) is 1.81. The summed E-state index contributed by atoms with van der Waals surface area (Å²) in [6, 6.07) is 30.5. The number of carbonyl (C=O) groups is 1. The van der Waals surface area contributed by atoms with Crippen molar-refractivity contribution < 1.29 is 19.0 Å². The van der Waals surface area contributed by atoms with Crippen LogP contribution in [0, 0.1) is 0 Å². The molecule has 40 heavy (non-hydrogen) atoms. The lowest BCUT2D eigenvalue weighted by Gasteiger charge is -2.14. The van der Waals surface area contributed by atoms with E-state index in [1.807, 2.05) is 85.8 Å². The van der Waals surface area contributed by atoms with Crippen molar-refractivity contribution in [3.63, 3.8) is 0 Å². The van der Waals surface area contributed by atoms with E-state index in [0.717, 1.165) is 16.7 Å². The van der Waals surface area contributed by atoms with Crippen LogP contribution in [0.2, 0.25) is 5.02 Å². The molecule has 8 heteroatoms. The van der Waals surface area contributed by atoms with Gasteiger partial charge >= 0.3 is 0 Å². The molecule has 4 aromatic rings.